The van der Waals surface area contributed by atoms with Crippen LogP contribution in [0, 0.1) is 0 Å². The van der Waals surface area contributed by atoms with E-state index in [-0.39, 0.29) is 6.42 Å². The van der Waals surface area contributed by atoms with Gasteiger partial charge < -0.3 is 9.47 Å². The number of alkyl halides is 3. The fourth-order valence-corrected chi connectivity index (χ4v) is 2.12. The number of ether oxygens (including phenoxy) is 2. The Balaban J connectivity index is 2.26. The maximum absolute atomic E-state index is 12.4. The molecule has 19 heavy (non-hydrogen) atoms. The molecule has 2 rings (SSSR count). The normalized spacial score (nSPS) is 18.1. The first-order valence-electron chi connectivity index (χ1n) is 5.78. The van der Waals surface area contributed by atoms with Crippen LogP contribution in [-0.2, 0) is 6.42 Å². The van der Waals surface area contributed by atoms with Gasteiger partial charge in [0.15, 0.2) is 11.5 Å². The molecule has 1 aromatic carbocycles. The van der Waals surface area contributed by atoms with Gasteiger partial charge in [-0.3, -0.25) is 4.99 Å². The summed E-state index contributed by atoms with van der Waals surface area (Å²) in [5.74, 6) is 1.06. The molecule has 1 aliphatic heterocycles. The molecule has 104 valence electrons. The minimum atomic E-state index is -4.20. The van der Waals surface area contributed by atoms with Crippen LogP contribution in [0.4, 0.5) is 13.2 Å². The Hall–Kier alpha value is -1.72. The third kappa shape index (κ3) is 3.19. The lowest BCUT2D eigenvalue weighted by Crippen LogP contribution is -2.23. The molecule has 0 saturated heterocycles. The van der Waals surface area contributed by atoms with Gasteiger partial charge >= 0.3 is 6.18 Å². The number of benzene rings is 1. The molecule has 0 saturated carbocycles. The van der Waals surface area contributed by atoms with Crippen LogP contribution in [0.5, 0.6) is 11.5 Å². The van der Waals surface area contributed by atoms with Crippen LogP contribution in [0.3, 0.4) is 0 Å². The third-order valence-electron chi connectivity index (χ3n) is 2.99. The fraction of sp³-hybridized carbons (Fsp3) is 0.462. The van der Waals surface area contributed by atoms with E-state index in [2.05, 4.69) is 4.99 Å². The number of aliphatic imine (C=N–C) groups is 1. The molecule has 0 unspecified atom stereocenters. The summed E-state index contributed by atoms with van der Waals surface area (Å²) in [6, 6.07) is 2.68. The molecule has 0 spiro atoms. The Morgan fingerprint density at radius 3 is 2.42 bits per heavy atom. The van der Waals surface area contributed by atoms with Crippen LogP contribution in [0.25, 0.3) is 0 Å². The molecule has 1 heterocycles. The van der Waals surface area contributed by atoms with Gasteiger partial charge in [0, 0.05) is 6.21 Å². The Morgan fingerprint density at radius 1 is 1.21 bits per heavy atom. The number of hydrogen-bond acceptors (Lipinski definition) is 3. The minimum absolute atomic E-state index is 0.256. The lowest BCUT2D eigenvalue weighted by molar-refractivity contribution is -0.137. The van der Waals surface area contributed by atoms with Crippen LogP contribution in [-0.4, -0.2) is 32.7 Å². The van der Waals surface area contributed by atoms with Crippen molar-refractivity contribution >= 4 is 6.21 Å². The van der Waals surface area contributed by atoms with Crippen molar-refractivity contribution in [1.82, 2.24) is 0 Å². The largest absolute Gasteiger partial charge is 0.493 e. The molecular weight excluding hydrogens is 259 g/mol. The van der Waals surface area contributed by atoms with Crippen molar-refractivity contribution in [3.05, 3.63) is 23.3 Å². The first kappa shape index (κ1) is 13.7. The van der Waals surface area contributed by atoms with Crippen molar-refractivity contribution in [2.45, 2.75) is 25.1 Å². The standard InChI is InChI=1S/C13H14F3NO2/c1-18-11-4-8-3-10(6-13(14,15)16)17-7-9(8)5-12(11)19-2/h4-5,7,10H,3,6H2,1-2H3/t10-/m0/s1. The van der Waals surface area contributed by atoms with Gasteiger partial charge in [-0.1, -0.05) is 0 Å². The number of halogens is 3. The highest BCUT2D eigenvalue weighted by Crippen LogP contribution is 2.34. The van der Waals surface area contributed by atoms with Gasteiger partial charge in [0.2, 0.25) is 0 Å². The number of methoxy groups -OCH3 is 2. The average molecular weight is 273 g/mol. The van der Waals surface area contributed by atoms with Crippen LogP contribution in [0.15, 0.2) is 17.1 Å². The summed E-state index contributed by atoms with van der Waals surface area (Å²) in [5.41, 5.74) is 1.57. The van der Waals surface area contributed by atoms with Crippen molar-refractivity contribution in [2.75, 3.05) is 14.2 Å². The van der Waals surface area contributed by atoms with Crippen LogP contribution in [0.1, 0.15) is 17.5 Å². The fourth-order valence-electron chi connectivity index (χ4n) is 2.12. The van der Waals surface area contributed by atoms with E-state index in [9.17, 15) is 13.2 Å². The van der Waals surface area contributed by atoms with Gasteiger partial charge in [-0.05, 0) is 29.7 Å². The highest BCUT2D eigenvalue weighted by molar-refractivity contribution is 5.84. The van der Waals surface area contributed by atoms with Crippen molar-refractivity contribution in [3.63, 3.8) is 0 Å². The van der Waals surface area contributed by atoms with Gasteiger partial charge in [0.1, 0.15) is 0 Å². The number of nitrogens with zero attached hydrogens (tertiary/aromatic N) is 1. The van der Waals surface area contributed by atoms with Crippen LogP contribution >= 0.6 is 0 Å². The zero-order chi connectivity index (χ0) is 14.0. The summed E-state index contributed by atoms with van der Waals surface area (Å²) < 4.78 is 47.4. The van der Waals surface area contributed by atoms with Crippen molar-refractivity contribution in [1.29, 1.82) is 0 Å². The topological polar surface area (TPSA) is 30.8 Å². The zero-order valence-electron chi connectivity index (χ0n) is 10.6. The number of fused-ring (bicyclic) bond motifs is 1. The second kappa shape index (κ2) is 5.11. The van der Waals surface area contributed by atoms with Crippen molar-refractivity contribution in [2.24, 2.45) is 4.99 Å². The second-order valence-electron chi connectivity index (χ2n) is 4.36. The molecule has 0 fully saturated rings. The van der Waals surface area contributed by atoms with E-state index in [4.69, 9.17) is 9.47 Å². The van der Waals surface area contributed by atoms with Crippen molar-refractivity contribution < 1.29 is 22.6 Å². The third-order valence-corrected chi connectivity index (χ3v) is 2.99. The van der Waals surface area contributed by atoms with E-state index >= 15 is 0 Å². The molecule has 6 heteroatoms. The molecular formula is C13H14F3NO2. The Morgan fingerprint density at radius 2 is 1.84 bits per heavy atom. The summed E-state index contributed by atoms with van der Waals surface area (Å²) >= 11 is 0. The molecule has 0 radical (unpaired) electrons. The number of rotatable bonds is 3. The summed E-state index contributed by atoms with van der Waals surface area (Å²) in [4.78, 5) is 3.95. The van der Waals surface area contributed by atoms with Crippen LogP contribution in [0.2, 0.25) is 0 Å². The summed E-state index contributed by atoms with van der Waals surface area (Å²) in [6.45, 7) is 0. The smallest absolute Gasteiger partial charge is 0.391 e. The van der Waals surface area contributed by atoms with Gasteiger partial charge in [-0.2, -0.15) is 13.2 Å². The van der Waals surface area contributed by atoms with Gasteiger partial charge in [0.05, 0.1) is 26.7 Å². The maximum Gasteiger partial charge on any atom is 0.391 e. The van der Waals surface area contributed by atoms with Gasteiger partial charge in [0.25, 0.3) is 0 Å². The summed E-state index contributed by atoms with van der Waals surface area (Å²) in [7, 11) is 3.00. The highest BCUT2D eigenvalue weighted by atomic mass is 19.4. The monoisotopic (exact) mass is 273 g/mol. The van der Waals surface area contributed by atoms with E-state index in [1.165, 1.54) is 20.4 Å². The molecule has 1 atom stereocenters. The van der Waals surface area contributed by atoms with E-state index in [1.807, 2.05) is 0 Å². The van der Waals surface area contributed by atoms with Crippen molar-refractivity contribution in [3.8, 4) is 11.5 Å². The predicted octanol–water partition coefficient (Wildman–Crippen LogP) is 3.00. The molecule has 0 amide bonds. The molecule has 0 aliphatic carbocycles. The van der Waals surface area contributed by atoms with Gasteiger partial charge in [-0.25, -0.2) is 0 Å². The molecule has 0 N–H and O–H groups in total. The summed E-state index contributed by atoms with van der Waals surface area (Å²) in [6.07, 6.45) is -3.38. The summed E-state index contributed by atoms with van der Waals surface area (Å²) in [5, 5.41) is 0. The quantitative estimate of drug-likeness (QED) is 0.847. The SMILES string of the molecule is COc1cc2c(cc1OC)C[C@@H](CC(F)(F)F)N=C2. The predicted molar refractivity (Wildman–Crippen MR) is 65.3 cm³/mol. The van der Waals surface area contributed by atoms with E-state index in [0.29, 0.717) is 11.5 Å². The lowest BCUT2D eigenvalue weighted by Gasteiger charge is -2.21. The molecule has 3 nitrogen and oxygen atoms in total. The van der Waals surface area contributed by atoms with E-state index in [1.54, 1.807) is 12.1 Å². The van der Waals surface area contributed by atoms with Crippen LogP contribution < -0.4 is 9.47 Å². The van der Waals surface area contributed by atoms with E-state index in [0.717, 1.165) is 11.1 Å². The number of hydrogen-bond donors (Lipinski definition) is 0. The molecule has 1 aromatic rings. The molecule has 1 aliphatic rings. The first-order valence-corrected chi connectivity index (χ1v) is 5.78. The second-order valence-corrected chi connectivity index (χ2v) is 4.36. The minimum Gasteiger partial charge on any atom is -0.493 e. The Kier molecular flexibility index (Phi) is 3.68. The molecule has 0 bridgehead atoms. The Bertz CT molecular complexity index is 497. The first-order chi connectivity index (χ1) is 8.93. The lowest BCUT2D eigenvalue weighted by atomic mass is 9.95. The molecule has 0 aromatic heterocycles. The van der Waals surface area contributed by atoms with Gasteiger partial charge in [-0.15, -0.1) is 0 Å². The maximum atomic E-state index is 12.4. The highest BCUT2D eigenvalue weighted by Gasteiger charge is 2.33. The van der Waals surface area contributed by atoms with E-state index < -0.39 is 18.6 Å². The average Bonchev–Trinajstić information content (AvgIpc) is 2.35. The Labute approximate surface area is 109 Å². The zero-order valence-corrected chi connectivity index (χ0v) is 10.6.